The molecule has 3 aromatic rings. The highest BCUT2D eigenvalue weighted by atomic mass is 32.1. The Bertz CT molecular complexity index is 1380. The molecule has 0 bridgehead atoms. The van der Waals surface area contributed by atoms with Crippen molar-refractivity contribution in [3.8, 4) is 16.3 Å². The van der Waals surface area contributed by atoms with Gasteiger partial charge in [-0.1, -0.05) is 24.3 Å². The molecule has 0 radical (unpaired) electrons. The largest absolute Gasteiger partial charge is 0.503 e. The van der Waals surface area contributed by atoms with Crippen LogP contribution in [0, 0.1) is 23.0 Å². The summed E-state index contributed by atoms with van der Waals surface area (Å²) < 4.78 is 34.9. The van der Waals surface area contributed by atoms with Crippen LogP contribution in [0.3, 0.4) is 0 Å². The van der Waals surface area contributed by atoms with Gasteiger partial charge in [0.05, 0.1) is 29.7 Å². The van der Waals surface area contributed by atoms with Crippen LogP contribution in [-0.2, 0) is 17.7 Å². The van der Waals surface area contributed by atoms with Crippen molar-refractivity contribution < 1.29 is 23.4 Å². The number of carbonyl (C=O) groups is 1. The topological polar surface area (TPSA) is 94.3 Å². The number of benzene rings is 1. The van der Waals surface area contributed by atoms with Crippen molar-refractivity contribution in [2.45, 2.75) is 45.8 Å². The van der Waals surface area contributed by atoms with Crippen LogP contribution in [0.1, 0.15) is 48.3 Å². The summed E-state index contributed by atoms with van der Waals surface area (Å²) in [6, 6.07) is 3.29. The maximum absolute atomic E-state index is 14.0. The second-order valence-corrected chi connectivity index (χ2v) is 10.7. The molecule has 5 rings (SSSR count). The zero-order chi connectivity index (χ0) is 24.4. The summed E-state index contributed by atoms with van der Waals surface area (Å²) in [6.07, 6.45) is 2.27. The molecule has 4 heterocycles. The first-order valence-electron chi connectivity index (χ1n) is 10.9. The number of fused-ring (bicyclic) bond motifs is 1. The SMILES string of the molecule is CC1COC2(C1)Cn1cc(-c3nnc(Cc4ccc(F)cc4F)s3)c(=O)c(O)c1C(=O)C2(C)C. The second kappa shape index (κ2) is 7.78. The lowest BCUT2D eigenvalue weighted by Gasteiger charge is -2.47. The maximum Gasteiger partial charge on any atom is 0.234 e. The van der Waals surface area contributed by atoms with E-state index in [0.717, 1.165) is 23.5 Å². The molecule has 0 saturated carbocycles. The first-order valence-corrected chi connectivity index (χ1v) is 11.8. The van der Waals surface area contributed by atoms with Crippen molar-refractivity contribution in [1.29, 1.82) is 0 Å². The Morgan fingerprint density at radius 1 is 1.26 bits per heavy atom. The van der Waals surface area contributed by atoms with Crippen LogP contribution in [0.5, 0.6) is 5.75 Å². The summed E-state index contributed by atoms with van der Waals surface area (Å²) in [5.74, 6) is -2.07. The van der Waals surface area contributed by atoms with Gasteiger partial charge in [-0.15, -0.1) is 10.2 Å². The molecule has 7 nitrogen and oxygen atoms in total. The van der Waals surface area contributed by atoms with Gasteiger partial charge < -0.3 is 14.4 Å². The molecule has 34 heavy (non-hydrogen) atoms. The highest BCUT2D eigenvalue weighted by molar-refractivity contribution is 7.14. The zero-order valence-electron chi connectivity index (χ0n) is 18.9. The lowest BCUT2D eigenvalue weighted by atomic mass is 9.66. The van der Waals surface area contributed by atoms with Crippen LogP contribution in [0.4, 0.5) is 8.78 Å². The number of nitrogens with zero attached hydrogens (tertiary/aromatic N) is 3. The van der Waals surface area contributed by atoms with E-state index in [2.05, 4.69) is 17.1 Å². The molecule has 2 unspecified atom stereocenters. The van der Waals surface area contributed by atoms with Crippen LogP contribution < -0.4 is 5.43 Å². The third kappa shape index (κ3) is 3.39. The Balaban J connectivity index is 1.55. The predicted molar refractivity (Wildman–Crippen MR) is 121 cm³/mol. The van der Waals surface area contributed by atoms with Crippen LogP contribution >= 0.6 is 11.3 Å². The minimum absolute atomic E-state index is 0.0364. The van der Waals surface area contributed by atoms with Gasteiger partial charge >= 0.3 is 0 Å². The number of hydrogen-bond acceptors (Lipinski definition) is 7. The standard InChI is InChI=1S/C24H23F2N3O4S/c1-12-8-24(33-10-12)11-29-9-15(19(30)20(31)18(29)21(32)23(24,2)3)22-28-27-17(34-22)6-13-4-5-14(25)7-16(13)26/h4-5,7,9,12,31H,6,8,10-11H2,1-3H3. The number of pyridine rings is 1. The third-order valence-electron chi connectivity index (χ3n) is 6.98. The van der Waals surface area contributed by atoms with Gasteiger partial charge in [0.15, 0.2) is 16.5 Å². The molecular weight excluding hydrogens is 464 g/mol. The van der Waals surface area contributed by atoms with Gasteiger partial charge in [-0.25, -0.2) is 8.78 Å². The fraction of sp³-hybridized carbons (Fsp3) is 0.417. The van der Waals surface area contributed by atoms with E-state index in [1.54, 1.807) is 18.4 Å². The van der Waals surface area contributed by atoms with Crippen LogP contribution in [-0.4, -0.2) is 37.9 Å². The summed E-state index contributed by atoms with van der Waals surface area (Å²) in [5, 5.41) is 19.5. The molecule has 2 aliphatic rings. The lowest BCUT2D eigenvalue weighted by molar-refractivity contribution is -0.0877. The number of halogens is 2. The molecule has 0 amide bonds. The number of rotatable bonds is 3. The smallest absolute Gasteiger partial charge is 0.234 e. The van der Waals surface area contributed by atoms with Crippen molar-refractivity contribution in [3.05, 3.63) is 62.5 Å². The van der Waals surface area contributed by atoms with E-state index >= 15 is 0 Å². The first-order chi connectivity index (χ1) is 16.0. The first kappa shape index (κ1) is 22.8. The molecule has 2 aliphatic heterocycles. The summed E-state index contributed by atoms with van der Waals surface area (Å²) in [4.78, 5) is 26.4. The number of Topliss-reactive ketones (excluding diaryl/α,β-unsaturated/α-hetero) is 1. The summed E-state index contributed by atoms with van der Waals surface area (Å²) in [7, 11) is 0. The van der Waals surface area contributed by atoms with Crippen molar-refractivity contribution in [3.63, 3.8) is 0 Å². The molecule has 1 aromatic carbocycles. The van der Waals surface area contributed by atoms with E-state index in [0.29, 0.717) is 24.6 Å². The molecule has 1 saturated heterocycles. The number of hydrogen-bond donors (Lipinski definition) is 1. The molecule has 2 aromatic heterocycles. The number of aromatic hydroxyl groups is 1. The predicted octanol–water partition coefficient (Wildman–Crippen LogP) is 3.96. The summed E-state index contributed by atoms with van der Waals surface area (Å²) >= 11 is 1.07. The van der Waals surface area contributed by atoms with Crippen molar-refractivity contribution in [2.24, 2.45) is 11.3 Å². The van der Waals surface area contributed by atoms with Crippen molar-refractivity contribution >= 4 is 17.1 Å². The van der Waals surface area contributed by atoms with E-state index in [1.807, 2.05) is 0 Å². The normalized spacial score (nSPS) is 23.4. The molecule has 10 heteroatoms. The monoisotopic (exact) mass is 487 g/mol. The number of ether oxygens (including phenoxy) is 1. The third-order valence-corrected chi connectivity index (χ3v) is 7.94. The van der Waals surface area contributed by atoms with E-state index in [-0.39, 0.29) is 40.0 Å². The second-order valence-electron chi connectivity index (χ2n) is 9.68. The Kier molecular flexibility index (Phi) is 5.21. The quantitative estimate of drug-likeness (QED) is 0.601. The van der Waals surface area contributed by atoms with Gasteiger partial charge in [-0.3, -0.25) is 9.59 Å². The minimum atomic E-state index is -0.918. The van der Waals surface area contributed by atoms with Gasteiger partial charge in [0, 0.05) is 18.7 Å². The average Bonchev–Trinajstić information content (AvgIpc) is 3.39. The van der Waals surface area contributed by atoms with Crippen molar-refractivity contribution in [2.75, 3.05) is 6.61 Å². The molecule has 2 atom stereocenters. The van der Waals surface area contributed by atoms with Crippen LogP contribution in [0.2, 0.25) is 0 Å². The molecular formula is C24H23F2N3O4S. The van der Waals surface area contributed by atoms with Gasteiger partial charge in [-0.2, -0.15) is 0 Å². The fourth-order valence-electron chi connectivity index (χ4n) is 4.93. The van der Waals surface area contributed by atoms with E-state index in [4.69, 9.17) is 4.74 Å². The molecule has 1 fully saturated rings. The Morgan fingerprint density at radius 2 is 2.03 bits per heavy atom. The molecule has 178 valence electrons. The van der Waals surface area contributed by atoms with Crippen LogP contribution in [0.25, 0.3) is 10.6 Å². The van der Waals surface area contributed by atoms with Gasteiger partial charge in [0.2, 0.25) is 5.43 Å². The van der Waals surface area contributed by atoms with Crippen molar-refractivity contribution in [1.82, 2.24) is 14.8 Å². The number of aromatic nitrogens is 3. The van der Waals surface area contributed by atoms with E-state index in [1.165, 1.54) is 12.3 Å². The van der Waals surface area contributed by atoms with E-state index < -0.39 is 33.8 Å². The molecule has 1 spiro atoms. The Morgan fingerprint density at radius 3 is 2.71 bits per heavy atom. The fourth-order valence-corrected chi connectivity index (χ4v) is 5.80. The number of ketones is 1. The minimum Gasteiger partial charge on any atom is -0.503 e. The maximum atomic E-state index is 14.0. The molecule has 0 aliphatic carbocycles. The average molecular weight is 488 g/mol. The van der Waals surface area contributed by atoms with Gasteiger partial charge in [-0.05, 0) is 37.8 Å². The van der Waals surface area contributed by atoms with Gasteiger partial charge in [0.25, 0.3) is 0 Å². The summed E-state index contributed by atoms with van der Waals surface area (Å²) in [6.45, 7) is 6.48. The summed E-state index contributed by atoms with van der Waals surface area (Å²) in [5.41, 5.74) is -2.08. The highest BCUT2D eigenvalue weighted by Gasteiger charge is 2.58. The lowest BCUT2D eigenvalue weighted by Crippen LogP contribution is -2.56. The van der Waals surface area contributed by atoms with Crippen LogP contribution in [0.15, 0.2) is 29.2 Å². The van der Waals surface area contributed by atoms with E-state index in [9.17, 15) is 23.5 Å². The highest BCUT2D eigenvalue weighted by Crippen LogP contribution is 2.50. The van der Waals surface area contributed by atoms with Gasteiger partial charge in [0.1, 0.15) is 22.3 Å². The molecule has 1 N–H and O–H groups in total. The Hall–Kier alpha value is -2.98. The zero-order valence-corrected chi connectivity index (χ0v) is 19.7. The number of carbonyl (C=O) groups excluding carboxylic acids is 1. The Labute approximate surface area is 198 Å².